The third kappa shape index (κ3) is 10.3. The molecule has 1 atom stereocenters. The predicted molar refractivity (Wildman–Crippen MR) is 53.4 cm³/mol. The van der Waals surface area contributed by atoms with Crippen molar-refractivity contribution >= 4 is 12.6 Å². The molecule has 0 radical (unpaired) electrons. The highest BCUT2D eigenvalue weighted by Crippen LogP contribution is 2.00. The molecule has 2 heteroatoms. The highest BCUT2D eigenvalue weighted by Gasteiger charge is 1.93. The lowest BCUT2D eigenvalue weighted by molar-refractivity contribution is 0.128. The summed E-state index contributed by atoms with van der Waals surface area (Å²) in [6, 6.07) is 0. The monoisotopic (exact) mass is 176 g/mol. The zero-order valence-electron chi connectivity index (χ0n) is 7.68. The maximum absolute atomic E-state index is 5.40. The van der Waals surface area contributed by atoms with E-state index >= 15 is 0 Å². The quantitative estimate of drug-likeness (QED) is 0.463. The van der Waals surface area contributed by atoms with Crippen LogP contribution in [0.2, 0.25) is 0 Å². The minimum atomic E-state index is 0.473. The van der Waals surface area contributed by atoms with Gasteiger partial charge in [-0.2, -0.15) is 12.6 Å². The Kier molecular flexibility index (Phi) is 8.64. The molecule has 0 rings (SSSR count). The predicted octanol–water partition coefficient (Wildman–Crippen LogP) is 2.90. The van der Waals surface area contributed by atoms with Gasteiger partial charge < -0.3 is 4.74 Å². The van der Waals surface area contributed by atoms with Crippen molar-refractivity contribution in [3.05, 3.63) is 0 Å². The topological polar surface area (TPSA) is 9.23 Å². The Hall–Kier alpha value is 0.310. The Morgan fingerprint density at radius 2 is 2.00 bits per heavy atom. The Morgan fingerprint density at radius 1 is 1.27 bits per heavy atom. The zero-order chi connectivity index (χ0) is 8.53. The first-order chi connectivity index (χ1) is 5.27. The smallest absolute Gasteiger partial charge is 0.0476 e. The van der Waals surface area contributed by atoms with Crippen LogP contribution >= 0.6 is 12.6 Å². The fraction of sp³-hybridized carbons (Fsp3) is 1.00. The van der Waals surface area contributed by atoms with Gasteiger partial charge in [0.05, 0.1) is 0 Å². The first-order valence-corrected chi connectivity index (χ1v) is 5.04. The molecule has 0 heterocycles. The van der Waals surface area contributed by atoms with Gasteiger partial charge in [0.2, 0.25) is 0 Å². The average Bonchev–Trinajstić information content (AvgIpc) is 1.96. The van der Waals surface area contributed by atoms with Crippen molar-refractivity contribution in [2.45, 2.75) is 44.8 Å². The zero-order valence-corrected chi connectivity index (χ0v) is 8.57. The first kappa shape index (κ1) is 11.3. The van der Waals surface area contributed by atoms with Gasteiger partial charge in [0.25, 0.3) is 0 Å². The number of hydrogen-bond donors (Lipinski definition) is 1. The van der Waals surface area contributed by atoms with Crippen LogP contribution in [0.1, 0.15) is 39.5 Å². The molecule has 1 nitrogen and oxygen atoms in total. The molecule has 68 valence electrons. The number of thiol groups is 1. The number of hydrogen-bond acceptors (Lipinski definition) is 2. The number of ether oxygens (including phenoxy) is 1. The lowest BCUT2D eigenvalue weighted by Crippen LogP contribution is -2.01. The van der Waals surface area contributed by atoms with Crippen LogP contribution in [0.4, 0.5) is 0 Å². The van der Waals surface area contributed by atoms with Gasteiger partial charge in [-0.05, 0) is 12.8 Å². The summed E-state index contributed by atoms with van der Waals surface area (Å²) >= 11 is 4.26. The standard InChI is InChI=1S/C9H20OS/c1-3-4-5-7-10-8-6-9(2)11/h9,11H,3-8H2,1-2H3. The van der Waals surface area contributed by atoms with Crippen LogP contribution in [-0.4, -0.2) is 18.5 Å². The van der Waals surface area contributed by atoms with Gasteiger partial charge in [0.1, 0.15) is 0 Å². The molecular weight excluding hydrogens is 156 g/mol. The summed E-state index contributed by atoms with van der Waals surface area (Å²) in [5.41, 5.74) is 0. The van der Waals surface area contributed by atoms with E-state index in [1.165, 1.54) is 19.3 Å². The van der Waals surface area contributed by atoms with Crippen molar-refractivity contribution in [3.63, 3.8) is 0 Å². The Balaban J connectivity index is 2.80. The molecule has 0 fully saturated rings. The van der Waals surface area contributed by atoms with Gasteiger partial charge in [0, 0.05) is 18.5 Å². The van der Waals surface area contributed by atoms with Gasteiger partial charge in [-0.1, -0.05) is 26.7 Å². The Bertz CT molecular complexity index is 74.0. The summed E-state index contributed by atoms with van der Waals surface area (Å²) < 4.78 is 5.40. The van der Waals surface area contributed by atoms with E-state index in [1.54, 1.807) is 0 Å². The minimum absolute atomic E-state index is 0.473. The second-order valence-electron chi connectivity index (χ2n) is 2.96. The molecule has 0 saturated carbocycles. The highest BCUT2D eigenvalue weighted by atomic mass is 32.1. The molecular formula is C9H20OS. The summed E-state index contributed by atoms with van der Waals surface area (Å²) in [6.07, 6.45) is 4.83. The highest BCUT2D eigenvalue weighted by molar-refractivity contribution is 7.80. The fourth-order valence-corrected chi connectivity index (χ4v) is 0.915. The van der Waals surface area contributed by atoms with E-state index in [0.29, 0.717) is 5.25 Å². The molecule has 0 saturated heterocycles. The van der Waals surface area contributed by atoms with Crippen LogP contribution in [0.5, 0.6) is 0 Å². The molecule has 0 spiro atoms. The summed E-state index contributed by atoms with van der Waals surface area (Å²) in [6.45, 7) is 6.09. The molecule has 0 aromatic rings. The van der Waals surface area contributed by atoms with Crippen LogP contribution in [0.25, 0.3) is 0 Å². The summed E-state index contributed by atoms with van der Waals surface area (Å²) in [5.74, 6) is 0. The molecule has 0 amide bonds. The summed E-state index contributed by atoms with van der Waals surface area (Å²) in [5, 5.41) is 0.473. The number of unbranched alkanes of at least 4 members (excludes halogenated alkanes) is 2. The number of rotatable bonds is 7. The van der Waals surface area contributed by atoms with Crippen LogP contribution < -0.4 is 0 Å². The van der Waals surface area contributed by atoms with Crippen LogP contribution in [0.15, 0.2) is 0 Å². The third-order valence-electron chi connectivity index (χ3n) is 1.57. The van der Waals surface area contributed by atoms with E-state index < -0.39 is 0 Å². The van der Waals surface area contributed by atoms with Crippen LogP contribution in [0, 0.1) is 0 Å². The van der Waals surface area contributed by atoms with E-state index in [9.17, 15) is 0 Å². The average molecular weight is 176 g/mol. The van der Waals surface area contributed by atoms with Crippen molar-refractivity contribution in [1.82, 2.24) is 0 Å². The second kappa shape index (κ2) is 8.41. The third-order valence-corrected chi connectivity index (χ3v) is 1.83. The largest absolute Gasteiger partial charge is 0.381 e. The van der Waals surface area contributed by atoms with Gasteiger partial charge >= 0.3 is 0 Å². The van der Waals surface area contributed by atoms with Crippen LogP contribution in [-0.2, 0) is 4.74 Å². The normalized spacial score (nSPS) is 13.4. The van der Waals surface area contributed by atoms with E-state index in [1.807, 2.05) is 0 Å². The molecule has 1 unspecified atom stereocenters. The maximum atomic E-state index is 5.40. The van der Waals surface area contributed by atoms with E-state index in [2.05, 4.69) is 26.5 Å². The van der Waals surface area contributed by atoms with Gasteiger partial charge in [-0.3, -0.25) is 0 Å². The van der Waals surface area contributed by atoms with Crippen LogP contribution in [0.3, 0.4) is 0 Å². The molecule has 0 aliphatic rings. The molecule has 0 N–H and O–H groups in total. The lowest BCUT2D eigenvalue weighted by atomic mass is 10.3. The van der Waals surface area contributed by atoms with Gasteiger partial charge in [-0.15, -0.1) is 0 Å². The van der Waals surface area contributed by atoms with Crippen molar-refractivity contribution in [3.8, 4) is 0 Å². The molecule has 11 heavy (non-hydrogen) atoms. The van der Waals surface area contributed by atoms with E-state index in [0.717, 1.165) is 19.6 Å². The molecule has 0 aliphatic heterocycles. The fourth-order valence-electron chi connectivity index (χ4n) is 0.810. The van der Waals surface area contributed by atoms with Crippen molar-refractivity contribution in [2.75, 3.05) is 13.2 Å². The van der Waals surface area contributed by atoms with Gasteiger partial charge in [-0.25, -0.2) is 0 Å². The minimum Gasteiger partial charge on any atom is -0.381 e. The maximum Gasteiger partial charge on any atom is 0.0476 e. The molecule has 0 aromatic heterocycles. The molecule has 0 aliphatic carbocycles. The molecule has 0 aromatic carbocycles. The van der Waals surface area contributed by atoms with Crippen molar-refractivity contribution in [1.29, 1.82) is 0 Å². The Morgan fingerprint density at radius 3 is 2.55 bits per heavy atom. The Labute approximate surface area is 75.9 Å². The summed E-state index contributed by atoms with van der Waals surface area (Å²) in [7, 11) is 0. The second-order valence-corrected chi connectivity index (χ2v) is 3.84. The van der Waals surface area contributed by atoms with E-state index in [-0.39, 0.29) is 0 Å². The van der Waals surface area contributed by atoms with Gasteiger partial charge in [0.15, 0.2) is 0 Å². The molecule has 0 bridgehead atoms. The van der Waals surface area contributed by atoms with Crippen molar-refractivity contribution < 1.29 is 4.74 Å². The van der Waals surface area contributed by atoms with E-state index in [4.69, 9.17) is 4.74 Å². The first-order valence-electron chi connectivity index (χ1n) is 4.53. The lowest BCUT2D eigenvalue weighted by Gasteiger charge is -2.04. The van der Waals surface area contributed by atoms with Crippen molar-refractivity contribution in [2.24, 2.45) is 0 Å². The SMILES string of the molecule is CCCCCOCCC(C)S. The summed E-state index contributed by atoms with van der Waals surface area (Å²) in [4.78, 5) is 0.